The van der Waals surface area contributed by atoms with Crippen molar-refractivity contribution in [3.63, 3.8) is 0 Å². The van der Waals surface area contributed by atoms with E-state index in [1.807, 2.05) is 24.3 Å². The van der Waals surface area contributed by atoms with Gasteiger partial charge < -0.3 is 9.47 Å². The van der Waals surface area contributed by atoms with Crippen molar-refractivity contribution in [1.82, 2.24) is 0 Å². The third-order valence-corrected chi connectivity index (χ3v) is 10.2. The van der Waals surface area contributed by atoms with Gasteiger partial charge in [0.1, 0.15) is 6.10 Å². The Labute approximate surface area is 303 Å². The van der Waals surface area contributed by atoms with Crippen LogP contribution in [0.15, 0.2) is 48.5 Å². The molecule has 2 unspecified atom stereocenters. The lowest BCUT2D eigenvalue weighted by Crippen LogP contribution is -2.19. The van der Waals surface area contributed by atoms with Gasteiger partial charge in [-0.2, -0.15) is 0 Å². The van der Waals surface area contributed by atoms with Gasteiger partial charge in [0.25, 0.3) is 0 Å². The van der Waals surface area contributed by atoms with Crippen molar-refractivity contribution in [2.45, 2.75) is 207 Å². The molecule has 3 heteroatoms. The topological polar surface area (TPSA) is 35.5 Å². The first-order valence-corrected chi connectivity index (χ1v) is 21.1. The second-order valence-electron chi connectivity index (χ2n) is 14.7. The van der Waals surface area contributed by atoms with Gasteiger partial charge >= 0.3 is 5.97 Å². The molecule has 0 saturated carbocycles. The molecule has 2 atom stereocenters. The van der Waals surface area contributed by atoms with Crippen LogP contribution in [0.2, 0.25) is 0 Å². The molecule has 0 N–H and O–H groups in total. The smallest absolute Gasteiger partial charge is 0.339 e. The minimum absolute atomic E-state index is 0.00444. The standard InChI is InChI=1S/C46H76O3/c1-5-8-10-12-14-16-17-18-19-20-22-24-26-30-39-48-40(4)41-35-37-42(38-36-41)44-33-28-29-34-45(44)46(47)49-43(31-7-3)32-27-25-23-21-15-13-11-9-6-2/h28-29,33-38,40,43H,5-27,30-32,39H2,1-4H3. The largest absolute Gasteiger partial charge is 0.459 e. The van der Waals surface area contributed by atoms with E-state index in [0.717, 1.165) is 49.8 Å². The van der Waals surface area contributed by atoms with Crippen LogP contribution < -0.4 is 0 Å². The van der Waals surface area contributed by atoms with Gasteiger partial charge in [-0.05, 0) is 55.4 Å². The minimum Gasteiger partial charge on any atom is -0.459 e. The van der Waals surface area contributed by atoms with Gasteiger partial charge in [-0.1, -0.05) is 204 Å². The monoisotopic (exact) mass is 677 g/mol. The van der Waals surface area contributed by atoms with E-state index in [1.54, 1.807) is 0 Å². The average molecular weight is 677 g/mol. The molecule has 2 aromatic carbocycles. The third kappa shape index (κ3) is 20.3. The number of hydrogen-bond acceptors (Lipinski definition) is 3. The van der Waals surface area contributed by atoms with Crippen LogP contribution in [-0.4, -0.2) is 18.7 Å². The van der Waals surface area contributed by atoms with Crippen molar-refractivity contribution in [3.8, 4) is 11.1 Å². The minimum atomic E-state index is -0.195. The molecule has 0 aromatic heterocycles. The summed E-state index contributed by atoms with van der Waals surface area (Å²) >= 11 is 0. The molecule has 0 aliphatic heterocycles. The molecule has 0 radical (unpaired) electrons. The SMILES string of the molecule is CCCCCCCCCCCCCCCCOC(C)c1ccc(-c2ccccc2C(=O)OC(CCC)CCCCCCCCCCC)cc1. The summed E-state index contributed by atoms with van der Waals surface area (Å²) in [5, 5.41) is 0. The average Bonchev–Trinajstić information content (AvgIpc) is 3.12. The van der Waals surface area contributed by atoms with Gasteiger partial charge in [0, 0.05) is 6.61 Å². The van der Waals surface area contributed by atoms with Crippen LogP contribution in [0.1, 0.15) is 217 Å². The molecular weight excluding hydrogens is 601 g/mol. The quantitative estimate of drug-likeness (QED) is 0.0571. The van der Waals surface area contributed by atoms with Crippen LogP contribution in [0.5, 0.6) is 0 Å². The molecule has 0 aliphatic rings. The normalized spacial score (nSPS) is 12.7. The fraction of sp³-hybridized carbons (Fsp3) is 0.717. The zero-order valence-electron chi connectivity index (χ0n) is 32.6. The Hall–Kier alpha value is -2.13. The van der Waals surface area contributed by atoms with Gasteiger partial charge in [-0.15, -0.1) is 0 Å². The predicted molar refractivity (Wildman–Crippen MR) is 213 cm³/mol. The number of benzene rings is 2. The van der Waals surface area contributed by atoms with E-state index in [0.29, 0.717) is 5.56 Å². The van der Waals surface area contributed by atoms with Crippen molar-refractivity contribution >= 4 is 5.97 Å². The Balaban J connectivity index is 1.69. The zero-order valence-corrected chi connectivity index (χ0v) is 32.6. The summed E-state index contributed by atoms with van der Waals surface area (Å²) in [5.41, 5.74) is 3.82. The molecule has 3 nitrogen and oxygen atoms in total. The first kappa shape index (κ1) is 43.0. The molecule has 0 amide bonds. The fourth-order valence-electron chi connectivity index (χ4n) is 6.98. The second-order valence-corrected chi connectivity index (χ2v) is 14.7. The van der Waals surface area contributed by atoms with E-state index >= 15 is 0 Å². The maximum atomic E-state index is 13.4. The highest BCUT2D eigenvalue weighted by Crippen LogP contribution is 2.28. The molecule has 2 rings (SSSR count). The number of hydrogen-bond donors (Lipinski definition) is 0. The van der Waals surface area contributed by atoms with Crippen molar-refractivity contribution < 1.29 is 14.3 Å². The Morgan fingerprint density at radius 2 is 1.00 bits per heavy atom. The van der Waals surface area contributed by atoms with Crippen LogP contribution >= 0.6 is 0 Å². The molecule has 0 saturated heterocycles. The molecule has 0 bridgehead atoms. The molecule has 0 aliphatic carbocycles. The van der Waals surface area contributed by atoms with Crippen LogP contribution in [0.4, 0.5) is 0 Å². The van der Waals surface area contributed by atoms with E-state index in [1.165, 1.54) is 140 Å². The number of carbonyl (C=O) groups excluding carboxylic acids is 1. The van der Waals surface area contributed by atoms with Crippen LogP contribution in [0.25, 0.3) is 11.1 Å². The Morgan fingerprint density at radius 1 is 0.531 bits per heavy atom. The van der Waals surface area contributed by atoms with Crippen molar-refractivity contribution in [1.29, 1.82) is 0 Å². The van der Waals surface area contributed by atoms with Crippen LogP contribution in [-0.2, 0) is 9.47 Å². The van der Waals surface area contributed by atoms with E-state index in [2.05, 4.69) is 52.0 Å². The molecule has 0 spiro atoms. The van der Waals surface area contributed by atoms with Crippen molar-refractivity contribution in [2.24, 2.45) is 0 Å². The Bertz CT molecular complexity index is 1040. The lowest BCUT2D eigenvalue weighted by molar-refractivity contribution is 0.0254. The Kier molecular flexibility index (Phi) is 26.0. The maximum Gasteiger partial charge on any atom is 0.339 e. The van der Waals surface area contributed by atoms with Gasteiger partial charge in [-0.3, -0.25) is 0 Å². The summed E-state index contributed by atoms with van der Waals surface area (Å²) in [7, 11) is 0. The van der Waals surface area contributed by atoms with E-state index in [-0.39, 0.29) is 18.2 Å². The molecule has 0 fully saturated rings. The third-order valence-electron chi connectivity index (χ3n) is 10.2. The maximum absolute atomic E-state index is 13.4. The zero-order chi connectivity index (χ0) is 35.2. The van der Waals surface area contributed by atoms with Gasteiger partial charge in [0.05, 0.1) is 11.7 Å². The molecular formula is C46H76O3. The first-order chi connectivity index (χ1) is 24.1. The summed E-state index contributed by atoms with van der Waals surface area (Å²) in [6.07, 6.45) is 34.0. The summed E-state index contributed by atoms with van der Waals surface area (Å²) in [5.74, 6) is -0.195. The van der Waals surface area contributed by atoms with Crippen molar-refractivity contribution in [2.75, 3.05) is 6.61 Å². The van der Waals surface area contributed by atoms with Crippen LogP contribution in [0.3, 0.4) is 0 Å². The highest BCUT2D eigenvalue weighted by molar-refractivity contribution is 5.97. The Morgan fingerprint density at radius 3 is 1.51 bits per heavy atom. The number of ether oxygens (including phenoxy) is 2. The lowest BCUT2D eigenvalue weighted by atomic mass is 9.97. The second kappa shape index (κ2) is 29.6. The van der Waals surface area contributed by atoms with Gasteiger partial charge in [-0.25, -0.2) is 4.79 Å². The first-order valence-electron chi connectivity index (χ1n) is 21.1. The van der Waals surface area contributed by atoms with E-state index in [4.69, 9.17) is 9.47 Å². The predicted octanol–water partition coefficient (Wildman–Crippen LogP) is 15.2. The fourth-order valence-corrected chi connectivity index (χ4v) is 6.98. The number of carbonyl (C=O) groups is 1. The summed E-state index contributed by atoms with van der Waals surface area (Å²) in [6.45, 7) is 9.70. The number of rotatable bonds is 32. The lowest BCUT2D eigenvalue weighted by Gasteiger charge is -2.19. The van der Waals surface area contributed by atoms with E-state index in [9.17, 15) is 4.79 Å². The van der Waals surface area contributed by atoms with Crippen molar-refractivity contribution in [3.05, 3.63) is 59.7 Å². The summed E-state index contributed by atoms with van der Waals surface area (Å²) in [6, 6.07) is 16.4. The van der Waals surface area contributed by atoms with E-state index < -0.39 is 0 Å². The van der Waals surface area contributed by atoms with Gasteiger partial charge in [0.15, 0.2) is 0 Å². The highest BCUT2D eigenvalue weighted by Gasteiger charge is 2.19. The van der Waals surface area contributed by atoms with Gasteiger partial charge in [0.2, 0.25) is 0 Å². The molecule has 278 valence electrons. The van der Waals surface area contributed by atoms with Crippen LogP contribution in [0, 0.1) is 0 Å². The highest BCUT2D eigenvalue weighted by atomic mass is 16.5. The summed E-state index contributed by atoms with van der Waals surface area (Å²) < 4.78 is 12.3. The molecule has 2 aromatic rings. The number of unbranched alkanes of at least 4 members (excludes halogenated alkanes) is 21. The molecule has 0 heterocycles. The summed E-state index contributed by atoms with van der Waals surface area (Å²) in [4.78, 5) is 13.4. The number of esters is 1. The molecule has 49 heavy (non-hydrogen) atoms.